The first kappa shape index (κ1) is 12.6. The minimum Gasteiger partial charge on any atom is -0.491 e. The van der Waals surface area contributed by atoms with E-state index in [0.29, 0.717) is 23.5 Å². The molecule has 0 N–H and O–H groups in total. The molecule has 0 spiro atoms. The van der Waals surface area contributed by atoms with Crippen LogP contribution in [0.25, 0.3) is 11.0 Å². The van der Waals surface area contributed by atoms with Crippen molar-refractivity contribution in [2.75, 3.05) is 13.3 Å². The van der Waals surface area contributed by atoms with Gasteiger partial charge in [-0.3, -0.25) is 4.79 Å². The molecule has 2 rings (SSSR count). The van der Waals surface area contributed by atoms with E-state index in [2.05, 4.69) is 0 Å². The van der Waals surface area contributed by atoms with Gasteiger partial charge in [-0.15, -0.1) is 0 Å². The normalized spacial score (nSPS) is 10.8. The Hall–Kier alpha value is -1.84. The van der Waals surface area contributed by atoms with Gasteiger partial charge >= 0.3 is 0 Å². The lowest BCUT2D eigenvalue weighted by molar-refractivity contribution is 0.0957. The average molecular weight is 250 g/mol. The number of fused-ring (bicyclic) bond motifs is 1. The summed E-state index contributed by atoms with van der Waals surface area (Å²) in [6, 6.07) is 6.88. The number of halogens is 1. The SMILES string of the molecule is CCCC(=O)c1cc2cc(OCCF)ccc2o1. The van der Waals surface area contributed by atoms with E-state index in [9.17, 15) is 9.18 Å². The molecule has 0 radical (unpaired) electrons. The van der Waals surface area contributed by atoms with Crippen LogP contribution >= 0.6 is 0 Å². The van der Waals surface area contributed by atoms with Crippen molar-refractivity contribution >= 4 is 16.8 Å². The first-order valence-corrected chi connectivity index (χ1v) is 6.00. The summed E-state index contributed by atoms with van der Waals surface area (Å²) in [6.07, 6.45) is 1.27. The molecule has 0 atom stereocenters. The number of Topliss-reactive ketones (excluding diaryl/α,β-unsaturated/α-hetero) is 1. The van der Waals surface area contributed by atoms with Crippen molar-refractivity contribution in [2.45, 2.75) is 19.8 Å². The van der Waals surface area contributed by atoms with Crippen LogP contribution in [0.5, 0.6) is 5.75 Å². The second kappa shape index (κ2) is 5.67. The van der Waals surface area contributed by atoms with Gasteiger partial charge in [-0.25, -0.2) is 4.39 Å². The van der Waals surface area contributed by atoms with Crippen LogP contribution in [0.1, 0.15) is 30.3 Å². The van der Waals surface area contributed by atoms with E-state index in [1.807, 2.05) is 6.92 Å². The molecule has 1 aromatic carbocycles. The zero-order chi connectivity index (χ0) is 13.0. The maximum atomic E-state index is 12.0. The Balaban J connectivity index is 2.25. The van der Waals surface area contributed by atoms with Gasteiger partial charge in [0.1, 0.15) is 24.6 Å². The quantitative estimate of drug-likeness (QED) is 0.733. The number of benzene rings is 1. The number of furan rings is 1. The highest BCUT2D eigenvalue weighted by Gasteiger charge is 2.11. The van der Waals surface area contributed by atoms with E-state index in [1.165, 1.54) is 0 Å². The number of alkyl halides is 1. The molecule has 0 aliphatic heterocycles. The lowest BCUT2D eigenvalue weighted by atomic mass is 10.2. The number of carbonyl (C=O) groups excluding carboxylic acids is 1. The number of rotatable bonds is 6. The predicted molar refractivity (Wildman–Crippen MR) is 66.9 cm³/mol. The van der Waals surface area contributed by atoms with Gasteiger partial charge in [0.15, 0.2) is 11.5 Å². The second-order valence-electron chi connectivity index (χ2n) is 4.02. The molecule has 18 heavy (non-hydrogen) atoms. The molecule has 0 saturated carbocycles. The molecule has 2 aromatic rings. The monoisotopic (exact) mass is 250 g/mol. The summed E-state index contributed by atoms with van der Waals surface area (Å²) in [5, 5.41) is 0.797. The smallest absolute Gasteiger partial charge is 0.198 e. The molecular formula is C14H15FO3. The topological polar surface area (TPSA) is 39.4 Å². The van der Waals surface area contributed by atoms with Crippen LogP contribution in [0, 0.1) is 0 Å². The summed E-state index contributed by atoms with van der Waals surface area (Å²) in [5.41, 5.74) is 0.641. The predicted octanol–water partition coefficient (Wildman–Crippen LogP) is 3.76. The van der Waals surface area contributed by atoms with Crippen molar-refractivity contribution in [3.63, 3.8) is 0 Å². The lowest BCUT2D eigenvalue weighted by Crippen LogP contribution is -1.97. The standard InChI is InChI=1S/C14H15FO3/c1-2-3-12(16)14-9-10-8-11(17-7-6-15)4-5-13(10)18-14/h4-5,8-9H,2-3,6-7H2,1H3. The van der Waals surface area contributed by atoms with E-state index in [-0.39, 0.29) is 12.4 Å². The van der Waals surface area contributed by atoms with Crippen molar-refractivity contribution in [3.8, 4) is 5.75 Å². The molecule has 0 saturated heterocycles. The molecular weight excluding hydrogens is 235 g/mol. The summed E-state index contributed by atoms with van der Waals surface area (Å²) >= 11 is 0. The Kier molecular flexibility index (Phi) is 3.97. The molecule has 96 valence electrons. The molecule has 0 unspecified atom stereocenters. The number of ketones is 1. The zero-order valence-corrected chi connectivity index (χ0v) is 10.2. The van der Waals surface area contributed by atoms with Gasteiger partial charge in [-0.05, 0) is 30.7 Å². The minimum absolute atomic E-state index is 0.0000680. The average Bonchev–Trinajstić information content (AvgIpc) is 2.79. The number of carbonyl (C=O) groups is 1. The van der Waals surface area contributed by atoms with Crippen molar-refractivity contribution in [1.29, 1.82) is 0 Å². The van der Waals surface area contributed by atoms with Crippen LogP contribution in [0.4, 0.5) is 4.39 Å². The summed E-state index contributed by atoms with van der Waals surface area (Å²) < 4.78 is 22.6. The van der Waals surface area contributed by atoms with Gasteiger partial charge in [0.05, 0.1) is 0 Å². The Morgan fingerprint density at radius 3 is 2.94 bits per heavy atom. The molecule has 0 aliphatic carbocycles. The Bertz CT molecular complexity index is 545. The highest BCUT2D eigenvalue weighted by atomic mass is 19.1. The van der Waals surface area contributed by atoms with Gasteiger partial charge in [-0.2, -0.15) is 0 Å². The van der Waals surface area contributed by atoms with Crippen molar-refractivity contribution in [1.82, 2.24) is 0 Å². The van der Waals surface area contributed by atoms with Gasteiger partial charge in [0.25, 0.3) is 0 Å². The molecule has 0 fully saturated rings. The van der Waals surface area contributed by atoms with Crippen LogP contribution in [0.3, 0.4) is 0 Å². The number of hydrogen-bond acceptors (Lipinski definition) is 3. The molecule has 1 heterocycles. The molecule has 0 amide bonds. The Morgan fingerprint density at radius 2 is 2.22 bits per heavy atom. The van der Waals surface area contributed by atoms with Crippen molar-refractivity contribution in [2.24, 2.45) is 0 Å². The summed E-state index contributed by atoms with van der Waals surface area (Å²) in [5.74, 6) is 0.949. The summed E-state index contributed by atoms with van der Waals surface area (Å²) in [4.78, 5) is 11.7. The molecule has 1 aromatic heterocycles. The first-order valence-electron chi connectivity index (χ1n) is 6.00. The maximum absolute atomic E-state index is 12.0. The van der Waals surface area contributed by atoms with E-state index in [1.54, 1.807) is 24.3 Å². The van der Waals surface area contributed by atoms with Crippen LogP contribution < -0.4 is 4.74 Å². The van der Waals surface area contributed by atoms with Crippen LogP contribution in [0.15, 0.2) is 28.7 Å². The summed E-state index contributed by atoms with van der Waals surface area (Å²) in [6.45, 7) is 1.46. The Morgan fingerprint density at radius 1 is 1.39 bits per heavy atom. The van der Waals surface area contributed by atoms with E-state index in [0.717, 1.165) is 11.8 Å². The second-order valence-corrected chi connectivity index (χ2v) is 4.02. The molecule has 0 bridgehead atoms. The third-order valence-electron chi connectivity index (χ3n) is 2.59. The van der Waals surface area contributed by atoms with E-state index in [4.69, 9.17) is 9.15 Å². The van der Waals surface area contributed by atoms with Crippen molar-refractivity contribution in [3.05, 3.63) is 30.0 Å². The van der Waals surface area contributed by atoms with Crippen molar-refractivity contribution < 1.29 is 18.3 Å². The van der Waals surface area contributed by atoms with E-state index < -0.39 is 6.67 Å². The number of ether oxygens (including phenoxy) is 1. The highest BCUT2D eigenvalue weighted by Crippen LogP contribution is 2.25. The molecule has 3 nitrogen and oxygen atoms in total. The van der Waals surface area contributed by atoms with Crippen LogP contribution in [-0.2, 0) is 0 Å². The fraction of sp³-hybridized carbons (Fsp3) is 0.357. The maximum Gasteiger partial charge on any atom is 0.198 e. The van der Waals surface area contributed by atoms with Crippen LogP contribution in [0.2, 0.25) is 0 Å². The summed E-state index contributed by atoms with van der Waals surface area (Å²) in [7, 11) is 0. The van der Waals surface area contributed by atoms with Gasteiger partial charge in [0, 0.05) is 11.8 Å². The highest BCUT2D eigenvalue weighted by molar-refractivity contribution is 5.97. The minimum atomic E-state index is -0.524. The Labute approximate surface area is 105 Å². The number of hydrogen-bond donors (Lipinski definition) is 0. The van der Waals surface area contributed by atoms with Gasteiger partial charge < -0.3 is 9.15 Å². The molecule has 4 heteroatoms. The third kappa shape index (κ3) is 2.70. The fourth-order valence-electron chi connectivity index (χ4n) is 1.76. The van der Waals surface area contributed by atoms with Crippen LogP contribution in [-0.4, -0.2) is 19.1 Å². The van der Waals surface area contributed by atoms with Gasteiger partial charge in [0.2, 0.25) is 0 Å². The first-order chi connectivity index (χ1) is 8.74. The largest absolute Gasteiger partial charge is 0.491 e. The zero-order valence-electron chi connectivity index (χ0n) is 10.2. The van der Waals surface area contributed by atoms with E-state index >= 15 is 0 Å². The molecule has 0 aliphatic rings. The lowest BCUT2D eigenvalue weighted by Gasteiger charge is -2.01. The fourth-order valence-corrected chi connectivity index (χ4v) is 1.76. The third-order valence-corrected chi connectivity index (χ3v) is 2.59. The van der Waals surface area contributed by atoms with Gasteiger partial charge in [-0.1, -0.05) is 6.92 Å².